The molecule has 0 aliphatic rings. The Bertz CT molecular complexity index is 343. The number of nitrogens with zero attached hydrogens (tertiary/aromatic N) is 1. The van der Waals surface area contributed by atoms with Gasteiger partial charge >= 0.3 is 5.97 Å². The largest absolute Gasteiger partial charge is 0.481 e. The summed E-state index contributed by atoms with van der Waals surface area (Å²) in [6.07, 6.45) is 1.89. The van der Waals surface area contributed by atoms with Crippen molar-refractivity contribution < 1.29 is 9.90 Å². The van der Waals surface area contributed by atoms with Crippen LogP contribution in [0.5, 0.6) is 0 Å². The van der Waals surface area contributed by atoms with Crippen LogP contribution in [0, 0.1) is 5.92 Å². The van der Waals surface area contributed by atoms with Crippen LogP contribution in [0.3, 0.4) is 0 Å². The number of carboxylic acid groups (broad SMARTS) is 1. The van der Waals surface area contributed by atoms with Gasteiger partial charge in [0.15, 0.2) is 5.13 Å². The second-order valence-electron chi connectivity index (χ2n) is 3.73. The second kappa shape index (κ2) is 6.70. The lowest BCUT2D eigenvalue weighted by molar-refractivity contribution is -0.137. The maximum atomic E-state index is 10.4. The molecule has 6 heteroatoms. The summed E-state index contributed by atoms with van der Waals surface area (Å²) in [4.78, 5) is 14.4. The summed E-state index contributed by atoms with van der Waals surface area (Å²) in [6, 6.07) is 0. The number of halogens is 1. The molecule has 0 fully saturated rings. The van der Waals surface area contributed by atoms with E-state index in [2.05, 4.69) is 17.2 Å². The highest BCUT2D eigenvalue weighted by Gasteiger charge is 2.05. The molecule has 0 aromatic carbocycles. The van der Waals surface area contributed by atoms with Crippen LogP contribution in [0.25, 0.3) is 0 Å². The van der Waals surface area contributed by atoms with Gasteiger partial charge in [0, 0.05) is 18.3 Å². The summed E-state index contributed by atoms with van der Waals surface area (Å²) in [5.74, 6) is -0.328. The molecular formula is C10H15ClN2O2S. The smallest absolute Gasteiger partial charge is 0.303 e. The summed E-state index contributed by atoms with van der Waals surface area (Å²) in [5.41, 5.74) is 0. The molecule has 90 valence electrons. The Morgan fingerprint density at radius 2 is 2.44 bits per heavy atom. The molecule has 0 saturated carbocycles. The van der Waals surface area contributed by atoms with Gasteiger partial charge in [0.2, 0.25) is 0 Å². The molecule has 1 heterocycles. The van der Waals surface area contributed by atoms with Gasteiger partial charge < -0.3 is 10.4 Å². The Morgan fingerprint density at radius 3 is 3.00 bits per heavy atom. The summed E-state index contributed by atoms with van der Waals surface area (Å²) in [5, 5.41) is 14.8. The molecule has 16 heavy (non-hydrogen) atoms. The lowest BCUT2D eigenvalue weighted by Crippen LogP contribution is -2.08. The van der Waals surface area contributed by atoms with Gasteiger partial charge in [0.1, 0.15) is 5.15 Å². The van der Waals surface area contributed by atoms with E-state index in [-0.39, 0.29) is 6.42 Å². The molecular weight excluding hydrogens is 248 g/mol. The number of nitrogens with one attached hydrogen (secondary N) is 1. The fraction of sp³-hybridized carbons (Fsp3) is 0.600. The van der Waals surface area contributed by atoms with Crippen molar-refractivity contribution >= 4 is 34.0 Å². The predicted octanol–water partition coefficient (Wildman–Crippen LogP) is 3.10. The Hall–Kier alpha value is -0.810. The Morgan fingerprint density at radius 1 is 1.69 bits per heavy atom. The molecule has 1 aromatic rings. The minimum atomic E-state index is -0.730. The molecule has 1 unspecified atom stereocenters. The maximum absolute atomic E-state index is 10.4. The Labute approximate surface area is 104 Å². The molecule has 0 amide bonds. The molecule has 1 aromatic heterocycles. The molecule has 0 spiro atoms. The van der Waals surface area contributed by atoms with Gasteiger partial charge in [-0.1, -0.05) is 18.5 Å². The van der Waals surface area contributed by atoms with Crippen molar-refractivity contribution in [3.63, 3.8) is 0 Å². The SMILES string of the molecule is CC(CCNc1nc(Cl)cs1)CCC(=O)O. The van der Waals surface area contributed by atoms with Crippen molar-refractivity contribution in [2.45, 2.75) is 26.2 Å². The van der Waals surface area contributed by atoms with Crippen LogP contribution >= 0.6 is 22.9 Å². The van der Waals surface area contributed by atoms with Crippen molar-refractivity contribution in [1.82, 2.24) is 4.98 Å². The topological polar surface area (TPSA) is 62.2 Å². The van der Waals surface area contributed by atoms with Crippen LogP contribution in [0.1, 0.15) is 26.2 Å². The average molecular weight is 263 g/mol. The number of carbonyl (C=O) groups is 1. The van der Waals surface area contributed by atoms with Gasteiger partial charge in [-0.2, -0.15) is 0 Å². The van der Waals surface area contributed by atoms with Gasteiger partial charge in [-0.15, -0.1) is 11.3 Å². The average Bonchev–Trinajstić information content (AvgIpc) is 2.61. The van der Waals surface area contributed by atoms with Gasteiger partial charge in [0.25, 0.3) is 0 Å². The third kappa shape index (κ3) is 5.32. The quantitative estimate of drug-likeness (QED) is 0.793. The maximum Gasteiger partial charge on any atom is 0.303 e. The first-order valence-electron chi connectivity index (χ1n) is 5.14. The molecule has 0 aliphatic carbocycles. The first-order chi connectivity index (χ1) is 7.58. The monoisotopic (exact) mass is 262 g/mol. The molecule has 0 aliphatic heterocycles. The lowest BCUT2D eigenvalue weighted by Gasteiger charge is -2.09. The third-order valence-corrected chi connectivity index (χ3v) is 3.36. The van der Waals surface area contributed by atoms with Crippen LogP contribution in [-0.2, 0) is 4.79 Å². The van der Waals surface area contributed by atoms with Crippen LogP contribution < -0.4 is 5.32 Å². The third-order valence-electron chi connectivity index (χ3n) is 2.24. The number of carboxylic acids is 1. The molecule has 2 N–H and O–H groups in total. The number of aromatic nitrogens is 1. The number of thiazole rings is 1. The number of rotatable bonds is 7. The zero-order chi connectivity index (χ0) is 12.0. The normalized spacial score (nSPS) is 12.4. The molecule has 0 radical (unpaired) electrons. The number of anilines is 1. The van der Waals surface area contributed by atoms with Crippen LogP contribution in [0.4, 0.5) is 5.13 Å². The second-order valence-corrected chi connectivity index (χ2v) is 4.97. The van der Waals surface area contributed by atoms with Gasteiger partial charge in [-0.05, 0) is 18.8 Å². The summed E-state index contributed by atoms with van der Waals surface area (Å²) < 4.78 is 0. The first kappa shape index (κ1) is 13.3. The van der Waals surface area contributed by atoms with Gasteiger partial charge in [0.05, 0.1) is 0 Å². The lowest BCUT2D eigenvalue weighted by atomic mass is 10.0. The summed E-state index contributed by atoms with van der Waals surface area (Å²) in [7, 11) is 0. The fourth-order valence-corrected chi connectivity index (χ4v) is 2.14. The highest BCUT2D eigenvalue weighted by Crippen LogP contribution is 2.19. The van der Waals surface area contributed by atoms with Crippen LogP contribution in [0.15, 0.2) is 5.38 Å². The molecule has 1 atom stereocenters. The standard InChI is InChI=1S/C10H15ClN2O2S/c1-7(2-3-9(14)15)4-5-12-10-13-8(11)6-16-10/h6-7H,2-5H2,1H3,(H,12,13)(H,14,15). The van der Waals surface area contributed by atoms with E-state index in [9.17, 15) is 4.79 Å². The molecule has 0 saturated heterocycles. The van der Waals surface area contributed by atoms with Gasteiger partial charge in [-0.25, -0.2) is 4.98 Å². The van der Waals surface area contributed by atoms with E-state index in [1.54, 1.807) is 5.38 Å². The van der Waals surface area contributed by atoms with E-state index in [4.69, 9.17) is 16.7 Å². The van der Waals surface area contributed by atoms with Crippen LogP contribution in [0.2, 0.25) is 5.15 Å². The van der Waals surface area contributed by atoms with E-state index < -0.39 is 5.97 Å². The van der Waals surface area contributed by atoms with E-state index in [1.807, 2.05) is 0 Å². The molecule has 4 nitrogen and oxygen atoms in total. The van der Waals surface area contributed by atoms with E-state index in [1.165, 1.54) is 11.3 Å². The Kier molecular flexibility index (Phi) is 5.55. The Balaban J connectivity index is 2.13. The highest BCUT2D eigenvalue weighted by molar-refractivity contribution is 7.14. The zero-order valence-corrected chi connectivity index (χ0v) is 10.6. The fourth-order valence-electron chi connectivity index (χ4n) is 1.28. The van der Waals surface area contributed by atoms with Crippen molar-refractivity contribution in [2.75, 3.05) is 11.9 Å². The number of hydrogen-bond acceptors (Lipinski definition) is 4. The highest BCUT2D eigenvalue weighted by atomic mass is 35.5. The van der Waals surface area contributed by atoms with E-state index >= 15 is 0 Å². The van der Waals surface area contributed by atoms with Crippen molar-refractivity contribution in [1.29, 1.82) is 0 Å². The minimum Gasteiger partial charge on any atom is -0.481 e. The summed E-state index contributed by atoms with van der Waals surface area (Å²) >= 11 is 7.15. The van der Waals surface area contributed by atoms with Crippen LogP contribution in [-0.4, -0.2) is 22.6 Å². The number of hydrogen-bond donors (Lipinski definition) is 2. The summed E-state index contributed by atoms with van der Waals surface area (Å²) in [6.45, 7) is 2.85. The molecule has 1 rings (SSSR count). The first-order valence-corrected chi connectivity index (χ1v) is 6.40. The van der Waals surface area contributed by atoms with Crippen molar-refractivity contribution in [3.8, 4) is 0 Å². The minimum absolute atomic E-state index is 0.240. The number of aliphatic carboxylic acids is 1. The molecule has 0 bridgehead atoms. The van der Waals surface area contributed by atoms with E-state index in [0.717, 1.165) is 24.5 Å². The zero-order valence-electron chi connectivity index (χ0n) is 9.07. The predicted molar refractivity (Wildman–Crippen MR) is 66.3 cm³/mol. The van der Waals surface area contributed by atoms with E-state index in [0.29, 0.717) is 11.1 Å². The van der Waals surface area contributed by atoms with Gasteiger partial charge in [-0.3, -0.25) is 4.79 Å². The van der Waals surface area contributed by atoms with Crippen molar-refractivity contribution in [2.24, 2.45) is 5.92 Å². The van der Waals surface area contributed by atoms with Crippen molar-refractivity contribution in [3.05, 3.63) is 10.5 Å².